The van der Waals surface area contributed by atoms with Crippen molar-refractivity contribution < 1.29 is 4.79 Å². The molecule has 2 rings (SSSR count). The van der Waals surface area contributed by atoms with Crippen LogP contribution in [0.2, 0.25) is 0 Å². The number of halogens is 1. The Kier molecular flexibility index (Phi) is 4.02. The summed E-state index contributed by atoms with van der Waals surface area (Å²) in [4.78, 5) is 13.7. The Bertz CT molecular complexity index is 410. The summed E-state index contributed by atoms with van der Waals surface area (Å²) in [6, 6.07) is 8.09. The fourth-order valence-electron chi connectivity index (χ4n) is 2.08. The quantitative estimate of drug-likeness (QED) is 0.878. The first kappa shape index (κ1) is 12.4. The van der Waals surface area contributed by atoms with Crippen LogP contribution < -0.4 is 16.0 Å². The maximum absolute atomic E-state index is 11.6. The maximum atomic E-state index is 11.6. The van der Waals surface area contributed by atoms with Gasteiger partial charge in [0.25, 0.3) is 0 Å². The number of piperazine rings is 1. The molecule has 5 heteroatoms. The van der Waals surface area contributed by atoms with E-state index in [4.69, 9.17) is 5.73 Å². The minimum atomic E-state index is 0.0606. The molecule has 1 aliphatic heterocycles. The topological polar surface area (TPSA) is 58.4 Å². The standard InChI is InChI=1S/C12H16BrN3O/c13-10-3-1-2-4-11(10)16-7-9(5-6-14)15-12(17)8-16/h1-4,9H,5-8,14H2,(H,15,17). The largest absolute Gasteiger partial charge is 0.359 e. The molecule has 0 radical (unpaired) electrons. The number of nitrogens with one attached hydrogen (secondary N) is 1. The van der Waals surface area contributed by atoms with Crippen LogP contribution in [0.25, 0.3) is 0 Å². The van der Waals surface area contributed by atoms with Crippen molar-refractivity contribution in [3.63, 3.8) is 0 Å². The van der Waals surface area contributed by atoms with Gasteiger partial charge in [-0.3, -0.25) is 4.79 Å². The second kappa shape index (κ2) is 5.51. The molecule has 0 bridgehead atoms. The highest BCUT2D eigenvalue weighted by atomic mass is 79.9. The average molecular weight is 298 g/mol. The SMILES string of the molecule is NCCC1CN(c2ccccc2Br)CC(=O)N1. The lowest BCUT2D eigenvalue weighted by atomic mass is 10.1. The van der Waals surface area contributed by atoms with Crippen LogP contribution in [-0.2, 0) is 4.79 Å². The molecule has 1 heterocycles. The lowest BCUT2D eigenvalue weighted by molar-refractivity contribution is -0.121. The summed E-state index contributed by atoms with van der Waals surface area (Å²) < 4.78 is 1.01. The zero-order chi connectivity index (χ0) is 12.3. The highest BCUT2D eigenvalue weighted by molar-refractivity contribution is 9.10. The van der Waals surface area contributed by atoms with E-state index in [9.17, 15) is 4.79 Å². The van der Waals surface area contributed by atoms with E-state index in [2.05, 4.69) is 26.1 Å². The van der Waals surface area contributed by atoms with Gasteiger partial charge in [0.1, 0.15) is 0 Å². The van der Waals surface area contributed by atoms with Crippen molar-refractivity contribution in [2.24, 2.45) is 5.73 Å². The normalized spacial score (nSPS) is 20.2. The van der Waals surface area contributed by atoms with Crippen LogP contribution in [0.3, 0.4) is 0 Å². The first-order chi connectivity index (χ1) is 8.20. The number of hydrogen-bond acceptors (Lipinski definition) is 3. The fourth-order valence-corrected chi connectivity index (χ4v) is 2.61. The van der Waals surface area contributed by atoms with E-state index < -0.39 is 0 Å². The van der Waals surface area contributed by atoms with Gasteiger partial charge in [0.15, 0.2) is 0 Å². The van der Waals surface area contributed by atoms with Crippen LogP contribution in [0.5, 0.6) is 0 Å². The first-order valence-electron chi connectivity index (χ1n) is 5.69. The Hall–Kier alpha value is -1.07. The number of amides is 1. The number of anilines is 1. The van der Waals surface area contributed by atoms with Gasteiger partial charge in [-0.15, -0.1) is 0 Å². The van der Waals surface area contributed by atoms with Crippen LogP contribution in [-0.4, -0.2) is 31.6 Å². The van der Waals surface area contributed by atoms with Crippen LogP contribution in [0.1, 0.15) is 6.42 Å². The van der Waals surface area contributed by atoms with E-state index >= 15 is 0 Å². The lowest BCUT2D eigenvalue weighted by Gasteiger charge is -2.35. The second-order valence-corrected chi connectivity index (χ2v) is 5.03. The highest BCUT2D eigenvalue weighted by Crippen LogP contribution is 2.26. The number of carbonyl (C=O) groups excluding carboxylic acids is 1. The molecule has 1 aliphatic rings. The van der Waals surface area contributed by atoms with Crippen molar-refractivity contribution in [2.45, 2.75) is 12.5 Å². The molecule has 1 unspecified atom stereocenters. The van der Waals surface area contributed by atoms with Gasteiger partial charge in [0.2, 0.25) is 5.91 Å². The summed E-state index contributed by atoms with van der Waals surface area (Å²) in [6.07, 6.45) is 0.812. The Morgan fingerprint density at radius 2 is 2.24 bits per heavy atom. The molecule has 0 aliphatic carbocycles. The molecule has 1 fully saturated rings. The Morgan fingerprint density at radius 3 is 2.94 bits per heavy atom. The molecule has 3 N–H and O–H groups in total. The van der Waals surface area contributed by atoms with Gasteiger partial charge < -0.3 is 16.0 Å². The minimum Gasteiger partial charge on any atom is -0.359 e. The highest BCUT2D eigenvalue weighted by Gasteiger charge is 2.24. The summed E-state index contributed by atoms with van der Waals surface area (Å²) in [7, 11) is 0. The van der Waals surface area contributed by atoms with Gasteiger partial charge >= 0.3 is 0 Å². The third kappa shape index (κ3) is 2.98. The Balaban J connectivity index is 2.15. The van der Waals surface area contributed by atoms with Crippen molar-refractivity contribution in [2.75, 3.05) is 24.5 Å². The van der Waals surface area contributed by atoms with E-state index in [0.29, 0.717) is 13.1 Å². The van der Waals surface area contributed by atoms with E-state index in [1.54, 1.807) is 0 Å². The van der Waals surface area contributed by atoms with E-state index in [1.807, 2.05) is 24.3 Å². The molecule has 1 aromatic rings. The molecule has 1 amide bonds. The molecule has 1 atom stereocenters. The smallest absolute Gasteiger partial charge is 0.239 e. The fraction of sp³-hybridized carbons (Fsp3) is 0.417. The van der Waals surface area contributed by atoms with Crippen LogP contribution in [0.15, 0.2) is 28.7 Å². The van der Waals surface area contributed by atoms with E-state index in [1.165, 1.54) is 0 Å². The summed E-state index contributed by atoms with van der Waals surface area (Å²) in [6.45, 7) is 1.81. The lowest BCUT2D eigenvalue weighted by Crippen LogP contribution is -2.54. The predicted molar refractivity (Wildman–Crippen MR) is 72.0 cm³/mol. The summed E-state index contributed by atoms with van der Waals surface area (Å²) in [5.74, 6) is 0.0606. The van der Waals surface area contributed by atoms with Gasteiger partial charge in [-0.05, 0) is 41.0 Å². The zero-order valence-electron chi connectivity index (χ0n) is 9.53. The van der Waals surface area contributed by atoms with Crippen LogP contribution in [0.4, 0.5) is 5.69 Å². The van der Waals surface area contributed by atoms with Gasteiger partial charge in [-0.1, -0.05) is 12.1 Å². The van der Waals surface area contributed by atoms with Crippen molar-refractivity contribution >= 4 is 27.5 Å². The van der Waals surface area contributed by atoms with E-state index in [0.717, 1.165) is 23.1 Å². The van der Waals surface area contributed by atoms with Gasteiger partial charge in [0, 0.05) is 17.1 Å². The molecular formula is C12H16BrN3O. The number of carbonyl (C=O) groups is 1. The maximum Gasteiger partial charge on any atom is 0.239 e. The molecule has 4 nitrogen and oxygen atoms in total. The number of nitrogens with zero attached hydrogens (tertiary/aromatic N) is 1. The Morgan fingerprint density at radius 1 is 1.47 bits per heavy atom. The van der Waals surface area contributed by atoms with Gasteiger partial charge in [0.05, 0.1) is 12.2 Å². The molecule has 0 saturated carbocycles. The molecule has 0 spiro atoms. The van der Waals surface area contributed by atoms with Crippen molar-refractivity contribution in [1.29, 1.82) is 0 Å². The van der Waals surface area contributed by atoms with Crippen molar-refractivity contribution in [3.8, 4) is 0 Å². The first-order valence-corrected chi connectivity index (χ1v) is 6.49. The molecule has 0 aromatic heterocycles. The van der Waals surface area contributed by atoms with Gasteiger partial charge in [-0.25, -0.2) is 0 Å². The molecule has 1 aromatic carbocycles. The number of rotatable bonds is 3. The number of para-hydroxylation sites is 1. The predicted octanol–water partition coefficient (Wildman–Crippen LogP) is 1.10. The third-order valence-electron chi connectivity index (χ3n) is 2.85. The summed E-state index contributed by atoms with van der Waals surface area (Å²) >= 11 is 3.51. The number of hydrogen-bond donors (Lipinski definition) is 2. The van der Waals surface area contributed by atoms with E-state index in [-0.39, 0.29) is 11.9 Å². The van der Waals surface area contributed by atoms with Gasteiger partial charge in [-0.2, -0.15) is 0 Å². The molecule has 1 saturated heterocycles. The van der Waals surface area contributed by atoms with Crippen molar-refractivity contribution in [1.82, 2.24) is 5.32 Å². The summed E-state index contributed by atoms with van der Waals surface area (Å²) in [5, 5.41) is 2.96. The third-order valence-corrected chi connectivity index (χ3v) is 3.52. The minimum absolute atomic E-state index is 0.0606. The molecule has 17 heavy (non-hydrogen) atoms. The monoisotopic (exact) mass is 297 g/mol. The number of benzene rings is 1. The zero-order valence-corrected chi connectivity index (χ0v) is 11.1. The number of nitrogens with two attached hydrogens (primary N) is 1. The molecule has 92 valence electrons. The van der Waals surface area contributed by atoms with Crippen molar-refractivity contribution in [3.05, 3.63) is 28.7 Å². The second-order valence-electron chi connectivity index (χ2n) is 4.17. The van der Waals surface area contributed by atoms with Crippen LogP contribution >= 0.6 is 15.9 Å². The Labute approximate surface area is 109 Å². The summed E-state index contributed by atoms with van der Waals surface area (Å²) in [5.41, 5.74) is 6.60. The average Bonchev–Trinajstić information content (AvgIpc) is 2.29. The molecular weight excluding hydrogens is 282 g/mol. The van der Waals surface area contributed by atoms with Crippen LogP contribution in [0, 0.1) is 0 Å².